The molecule has 1 heterocycles. The lowest BCUT2D eigenvalue weighted by Gasteiger charge is -2.41. The molecule has 0 amide bonds. The molecule has 1 aliphatic rings. The van der Waals surface area contributed by atoms with Gasteiger partial charge in [0.15, 0.2) is 0 Å². The quantitative estimate of drug-likeness (QED) is 0.904. The van der Waals surface area contributed by atoms with Crippen LogP contribution in [-0.2, 0) is 11.3 Å². The summed E-state index contributed by atoms with van der Waals surface area (Å²) in [5, 5.41) is 18.6. The molecular weight excluding hydrogens is 240 g/mol. The molecule has 4 heteroatoms. The van der Waals surface area contributed by atoms with Crippen molar-refractivity contribution in [1.29, 1.82) is 5.26 Å². The molecule has 0 bridgehead atoms. The van der Waals surface area contributed by atoms with Gasteiger partial charge in [-0.05, 0) is 44.4 Å². The molecule has 1 N–H and O–H groups in total. The van der Waals surface area contributed by atoms with Gasteiger partial charge in [0.05, 0.1) is 11.6 Å². The zero-order valence-electron chi connectivity index (χ0n) is 11.1. The van der Waals surface area contributed by atoms with Crippen LogP contribution < -0.4 is 0 Å². The van der Waals surface area contributed by atoms with Gasteiger partial charge in [-0.3, -0.25) is 9.69 Å². The van der Waals surface area contributed by atoms with Crippen LogP contribution in [0.4, 0.5) is 0 Å². The number of rotatable bonds is 3. The van der Waals surface area contributed by atoms with Gasteiger partial charge in [0.2, 0.25) is 0 Å². The van der Waals surface area contributed by atoms with Crippen LogP contribution in [0.25, 0.3) is 0 Å². The van der Waals surface area contributed by atoms with Gasteiger partial charge in [-0.2, -0.15) is 5.26 Å². The fourth-order valence-corrected chi connectivity index (χ4v) is 2.65. The Bertz CT molecular complexity index is 521. The molecule has 0 saturated carbocycles. The molecule has 19 heavy (non-hydrogen) atoms. The molecule has 4 nitrogen and oxygen atoms in total. The summed E-state index contributed by atoms with van der Waals surface area (Å²) in [5.41, 5.74) is 0.709. The fourth-order valence-electron chi connectivity index (χ4n) is 2.65. The molecule has 1 unspecified atom stereocenters. The summed E-state index contributed by atoms with van der Waals surface area (Å²) >= 11 is 0. The first-order chi connectivity index (χ1) is 9.08. The summed E-state index contributed by atoms with van der Waals surface area (Å²) in [4.78, 5) is 13.5. The minimum absolute atomic E-state index is 0.520. The van der Waals surface area contributed by atoms with Crippen molar-refractivity contribution in [3.63, 3.8) is 0 Å². The van der Waals surface area contributed by atoms with E-state index < -0.39 is 11.5 Å². The molecule has 0 radical (unpaired) electrons. The Kier molecular flexibility index (Phi) is 3.87. The van der Waals surface area contributed by atoms with Crippen molar-refractivity contribution in [2.45, 2.75) is 38.3 Å². The third-order valence-electron chi connectivity index (χ3n) is 4.00. The number of piperidine rings is 1. The Morgan fingerprint density at radius 1 is 1.47 bits per heavy atom. The van der Waals surface area contributed by atoms with Gasteiger partial charge < -0.3 is 5.11 Å². The number of aliphatic carboxylic acids is 1. The number of hydrogen-bond donors (Lipinski definition) is 1. The molecular formula is C15H18N2O2. The second-order valence-electron chi connectivity index (χ2n) is 5.23. The molecule has 1 aromatic carbocycles. The molecule has 0 spiro atoms. The van der Waals surface area contributed by atoms with Gasteiger partial charge in [-0.1, -0.05) is 18.2 Å². The van der Waals surface area contributed by atoms with Crippen LogP contribution in [0.1, 0.15) is 37.3 Å². The molecule has 1 fully saturated rings. The van der Waals surface area contributed by atoms with E-state index in [2.05, 4.69) is 6.07 Å². The van der Waals surface area contributed by atoms with Crippen LogP contribution in [-0.4, -0.2) is 28.1 Å². The van der Waals surface area contributed by atoms with Gasteiger partial charge in [0.1, 0.15) is 5.54 Å². The third kappa shape index (κ3) is 2.61. The van der Waals surface area contributed by atoms with Crippen LogP contribution >= 0.6 is 0 Å². The lowest BCUT2D eigenvalue weighted by atomic mass is 9.88. The van der Waals surface area contributed by atoms with E-state index >= 15 is 0 Å². The monoisotopic (exact) mass is 258 g/mol. The Morgan fingerprint density at radius 2 is 2.21 bits per heavy atom. The predicted octanol–water partition coefficient (Wildman–Crippen LogP) is 2.39. The molecule has 0 aromatic heterocycles. The topological polar surface area (TPSA) is 64.3 Å². The number of carboxylic acids is 1. The number of benzene rings is 1. The van der Waals surface area contributed by atoms with E-state index in [0.717, 1.165) is 24.9 Å². The predicted molar refractivity (Wildman–Crippen MR) is 71.5 cm³/mol. The van der Waals surface area contributed by atoms with Crippen molar-refractivity contribution >= 4 is 5.97 Å². The highest BCUT2D eigenvalue weighted by molar-refractivity contribution is 5.78. The molecule has 100 valence electrons. The number of hydrogen-bond acceptors (Lipinski definition) is 3. The normalized spacial score (nSPS) is 23.8. The summed E-state index contributed by atoms with van der Waals surface area (Å²) in [5.74, 6) is -0.776. The minimum atomic E-state index is -0.819. The lowest BCUT2D eigenvalue weighted by molar-refractivity contribution is -0.153. The summed E-state index contributed by atoms with van der Waals surface area (Å²) in [7, 11) is 0. The van der Waals surface area contributed by atoms with Gasteiger partial charge in [0, 0.05) is 6.54 Å². The van der Waals surface area contributed by atoms with Crippen LogP contribution in [0, 0.1) is 11.3 Å². The van der Waals surface area contributed by atoms with Crippen molar-refractivity contribution in [1.82, 2.24) is 4.90 Å². The van der Waals surface area contributed by atoms with Crippen LogP contribution in [0.2, 0.25) is 0 Å². The number of likely N-dealkylation sites (tertiary alicyclic amines) is 1. The van der Waals surface area contributed by atoms with Crippen LogP contribution in [0.15, 0.2) is 24.3 Å². The summed E-state index contributed by atoms with van der Waals surface area (Å²) in [6.45, 7) is 3.07. The van der Waals surface area contributed by atoms with Crippen molar-refractivity contribution in [2.24, 2.45) is 0 Å². The minimum Gasteiger partial charge on any atom is -0.480 e. The Balaban J connectivity index is 2.26. The van der Waals surface area contributed by atoms with Crippen molar-refractivity contribution < 1.29 is 9.90 Å². The second kappa shape index (κ2) is 5.41. The standard InChI is InChI=1S/C15H18N2O2/c1-15(14(18)19)8-4-5-9-17(15)11-13-7-3-2-6-12(13)10-16/h2-3,6-7H,4-5,8-9,11H2,1H3,(H,18,19). The Hall–Kier alpha value is -1.86. The summed E-state index contributed by atoms with van der Waals surface area (Å²) in [6, 6.07) is 9.56. The lowest BCUT2D eigenvalue weighted by Crippen LogP contribution is -2.54. The third-order valence-corrected chi connectivity index (χ3v) is 4.00. The van der Waals surface area contributed by atoms with E-state index in [1.807, 2.05) is 23.1 Å². The van der Waals surface area contributed by atoms with Crippen molar-refractivity contribution in [3.05, 3.63) is 35.4 Å². The highest BCUT2D eigenvalue weighted by Crippen LogP contribution is 2.30. The molecule has 2 rings (SSSR count). The number of carbonyl (C=O) groups is 1. The van der Waals surface area contributed by atoms with Crippen LogP contribution in [0.5, 0.6) is 0 Å². The van der Waals surface area contributed by atoms with Crippen molar-refractivity contribution in [3.8, 4) is 6.07 Å². The maximum absolute atomic E-state index is 11.5. The average molecular weight is 258 g/mol. The SMILES string of the molecule is CC1(C(=O)O)CCCCN1Cc1ccccc1C#N. The van der Waals surface area contributed by atoms with E-state index in [1.54, 1.807) is 13.0 Å². The van der Waals surface area contributed by atoms with E-state index in [1.165, 1.54) is 0 Å². The highest BCUT2D eigenvalue weighted by Gasteiger charge is 2.41. The first-order valence-electron chi connectivity index (χ1n) is 6.54. The van der Waals surface area contributed by atoms with E-state index in [4.69, 9.17) is 5.26 Å². The largest absolute Gasteiger partial charge is 0.480 e. The van der Waals surface area contributed by atoms with Gasteiger partial charge in [0.25, 0.3) is 0 Å². The number of carboxylic acid groups (broad SMARTS) is 1. The maximum atomic E-state index is 11.5. The first kappa shape index (κ1) is 13.6. The van der Waals surface area contributed by atoms with Gasteiger partial charge in [-0.15, -0.1) is 0 Å². The number of nitrogens with zero attached hydrogens (tertiary/aromatic N) is 2. The maximum Gasteiger partial charge on any atom is 0.323 e. The van der Waals surface area contributed by atoms with Crippen molar-refractivity contribution in [2.75, 3.05) is 6.54 Å². The summed E-state index contributed by atoms with van der Waals surface area (Å²) < 4.78 is 0. The molecule has 1 aromatic rings. The van der Waals surface area contributed by atoms with E-state index in [9.17, 15) is 9.90 Å². The van der Waals surface area contributed by atoms with Gasteiger partial charge >= 0.3 is 5.97 Å². The zero-order valence-corrected chi connectivity index (χ0v) is 11.1. The van der Waals surface area contributed by atoms with E-state index in [0.29, 0.717) is 18.5 Å². The Morgan fingerprint density at radius 3 is 2.89 bits per heavy atom. The molecule has 0 aliphatic carbocycles. The fraction of sp³-hybridized carbons (Fsp3) is 0.467. The average Bonchev–Trinajstić information content (AvgIpc) is 2.42. The van der Waals surface area contributed by atoms with Crippen LogP contribution in [0.3, 0.4) is 0 Å². The smallest absolute Gasteiger partial charge is 0.323 e. The summed E-state index contributed by atoms with van der Waals surface area (Å²) in [6.07, 6.45) is 2.62. The van der Waals surface area contributed by atoms with Gasteiger partial charge in [-0.25, -0.2) is 0 Å². The molecule has 1 saturated heterocycles. The molecule has 1 aliphatic heterocycles. The first-order valence-corrected chi connectivity index (χ1v) is 6.54. The second-order valence-corrected chi connectivity index (χ2v) is 5.23. The van der Waals surface area contributed by atoms with E-state index in [-0.39, 0.29) is 0 Å². The molecule has 1 atom stereocenters. The number of nitriles is 1. The zero-order chi connectivity index (χ0) is 13.9. The Labute approximate surface area is 113 Å². The highest BCUT2D eigenvalue weighted by atomic mass is 16.4.